The maximum Gasteiger partial charge on any atom is 0.239 e. The fourth-order valence-electron chi connectivity index (χ4n) is 5.28. The SMILES string of the molecule is CN1C(=O)[C@H](c2ccc(N3CC(c4ccccc4)CC3=O)cc2)[C@@](C)(c2cccc(C#N)c2)N=C1N. The Kier molecular flexibility index (Phi) is 5.81. The lowest BCUT2D eigenvalue weighted by atomic mass is 9.74. The van der Waals surface area contributed by atoms with Crippen molar-refractivity contribution in [2.75, 3.05) is 18.5 Å². The molecular weight excluding hydrogens is 450 g/mol. The number of hydrogen-bond donors (Lipinski definition) is 1. The molecule has 36 heavy (non-hydrogen) atoms. The molecule has 7 heteroatoms. The van der Waals surface area contributed by atoms with Crippen LogP contribution in [-0.4, -0.2) is 36.3 Å². The van der Waals surface area contributed by atoms with E-state index in [4.69, 9.17) is 10.7 Å². The smallest absolute Gasteiger partial charge is 0.239 e. The zero-order chi connectivity index (χ0) is 25.4. The Labute approximate surface area is 210 Å². The molecule has 3 aromatic rings. The number of hydrogen-bond acceptors (Lipinski definition) is 5. The van der Waals surface area contributed by atoms with Gasteiger partial charge in [-0.1, -0.05) is 54.6 Å². The molecule has 1 unspecified atom stereocenters. The summed E-state index contributed by atoms with van der Waals surface area (Å²) in [5, 5.41) is 9.40. The number of benzene rings is 3. The van der Waals surface area contributed by atoms with Crippen LogP contribution in [0.4, 0.5) is 5.69 Å². The van der Waals surface area contributed by atoms with Crippen molar-refractivity contribution in [2.24, 2.45) is 10.7 Å². The Morgan fingerprint density at radius 1 is 1.00 bits per heavy atom. The first-order valence-electron chi connectivity index (χ1n) is 11.9. The molecule has 1 fully saturated rings. The second-order valence-electron chi connectivity index (χ2n) is 9.55. The van der Waals surface area contributed by atoms with Gasteiger partial charge in [0.05, 0.1) is 17.6 Å². The molecule has 0 spiro atoms. The van der Waals surface area contributed by atoms with E-state index >= 15 is 0 Å². The summed E-state index contributed by atoms with van der Waals surface area (Å²) in [4.78, 5) is 34.2. The number of anilines is 1. The molecule has 2 aliphatic rings. The normalized spacial score (nSPS) is 24.0. The van der Waals surface area contributed by atoms with E-state index in [0.717, 1.165) is 22.4 Å². The number of nitrogens with zero attached hydrogens (tertiary/aromatic N) is 4. The Hall–Kier alpha value is -4.44. The maximum absolute atomic E-state index is 13.5. The zero-order valence-electron chi connectivity index (χ0n) is 20.3. The fourth-order valence-corrected chi connectivity index (χ4v) is 5.28. The van der Waals surface area contributed by atoms with Gasteiger partial charge in [-0.15, -0.1) is 0 Å². The molecular formula is C29H27N5O2. The highest BCUT2D eigenvalue weighted by atomic mass is 16.2. The molecule has 3 aromatic carbocycles. The molecule has 7 nitrogen and oxygen atoms in total. The van der Waals surface area contributed by atoms with E-state index in [2.05, 4.69) is 18.2 Å². The van der Waals surface area contributed by atoms with Crippen LogP contribution in [0.2, 0.25) is 0 Å². The van der Waals surface area contributed by atoms with Gasteiger partial charge >= 0.3 is 0 Å². The van der Waals surface area contributed by atoms with Gasteiger partial charge in [0.1, 0.15) is 5.54 Å². The summed E-state index contributed by atoms with van der Waals surface area (Å²) in [7, 11) is 1.61. The molecule has 2 aliphatic heterocycles. The second-order valence-corrected chi connectivity index (χ2v) is 9.55. The van der Waals surface area contributed by atoms with Crippen LogP contribution < -0.4 is 10.6 Å². The topological polar surface area (TPSA) is 103 Å². The molecule has 5 rings (SSSR count). The predicted molar refractivity (Wildman–Crippen MR) is 138 cm³/mol. The Balaban J connectivity index is 1.48. The zero-order valence-corrected chi connectivity index (χ0v) is 20.3. The van der Waals surface area contributed by atoms with Crippen molar-refractivity contribution >= 4 is 23.5 Å². The summed E-state index contributed by atoms with van der Waals surface area (Å²) in [5.41, 5.74) is 9.08. The summed E-state index contributed by atoms with van der Waals surface area (Å²) in [6, 6.07) is 26.9. The van der Waals surface area contributed by atoms with Gasteiger partial charge in [-0.2, -0.15) is 5.26 Å². The number of guanidine groups is 1. The second kappa shape index (κ2) is 8.97. The number of rotatable bonds is 4. The quantitative estimate of drug-likeness (QED) is 0.616. The molecule has 2 heterocycles. The van der Waals surface area contributed by atoms with Gasteiger partial charge in [0.15, 0.2) is 5.96 Å². The Bertz CT molecular complexity index is 1390. The first-order valence-corrected chi connectivity index (χ1v) is 11.9. The van der Waals surface area contributed by atoms with Gasteiger partial charge in [0, 0.05) is 31.6 Å². The van der Waals surface area contributed by atoms with Crippen LogP contribution in [0.25, 0.3) is 0 Å². The van der Waals surface area contributed by atoms with Crippen molar-refractivity contribution < 1.29 is 9.59 Å². The standard InChI is InChI=1S/C29H27N5O2/c1-29(23-10-6-7-19(15-23)17-30)26(27(36)33(2)28(31)32-29)21-11-13-24(14-12-21)34-18-22(16-25(34)35)20-8-4-3-5-9-20/h3-15,22,26H,16,18H2,1-2H3,(H2,31,32)/t22?,26-,29+/m0/s1. The molecule has 0 radical (unpaired) electrons. The first kappa shape index (κ1) is 23.3. The summed E-state index contributed by atoms with van der Waals surface area (Å²) < 4.78 is 0. The van der Waals surface area contributed by atoms with E-state index in [0.29, 0.717) is 18.5 Å². The summed E-state index contributed by atoms with van der Waals surface area (Å²) in [6.45, 7) is 2.49. The Morgan fingerprint density at radius 2 is 1.72 bits per heavy atom. The lowest BCUT2D eigenvalue weighted by Crippen LogP contribution is -2.52. The minimum Gasteiger partial charge on any atom is -0.369 e. The van der Waals surface area contributed by atoms with E-state index in [1.165, 1.54) is 4.90 Å². The van der Waals surface area contributed by atoms with Crippen molar-refractivity contribution in [3.05, 3.63) is 101 Å². The van der Waals surface area contributed by atoms with Gasteiger partial charge in [0.2, 0.25) is 11.8 Å². The third-order valence-corrected chi connectivity index (χ3v) is 7.34. The molecule has 1 saturated heterocycles. The minimum atomic E-state index is -0.996. The van der Waals surface area contributed by atoms with E-state index in [-0.39, 0.29) is 23.7 Å². The largest absolute Gasteiger partial charge is 0.369 e. The van der Waals surface area contributed by atoms with Crippen LogP contribution in [-0.2, 0) is 15.1 Å². The maximum atomic E-state index is 13.5. The molecule has 0 saturated carbocycles. The van der Waals surface area contributed by atoms with Gasteiger partial charge < -0.3 is 10.6 Å². The highest BCUT2D eigenvalue weighted by Gasteiger charge is 2.47. The molecule has 3 atom stereocenters. The highest BCUT2D eigenvalue weighted by molar-refractivity contribution is 6.02. The third kappa shape index (κ3) is 3.91. The number of carbonyl (C=O) groups is 2. The van der Waals surface area contributed by atoms with Crippen LogP contribution in [0.5, 0.6) is 0 Å². The molecule has 2 N–H and O–H groups in total. The van der Waals surface area contributed by atoms with E-state index in [9.17, 15) is 14.9 Å². The predicted octanol–water partition coefficient (Wildman–Crippen LogP) is 3.86. The van der Waals surface area contributed by atoms with Gasteiger partial charge in [-0.25, -0.2) is 4.99 Å². The number of aliphatic imine (C=N–C) groups is 1. The third-order valence-electron chi connectivity index (χ3n) is 7.34. The average Bonchev–Trinajstić information content (AvgIpc) is 3.30. The molecule has 180 valence electrons. The molecule has 0 bridgehead atoms. The highest BCUT2D eigenvalue weighted by Crippen LogP contribution is 2.44. The molecule has 0 aromatic heterocycles. The van der Waals surface area contributed by atoms with Gasteiger partial charge in [0.25, 0.3) is 0 Å². The lowest BCUT2D eigenvalue weighted by Gasteiger charge is -2.41. The lowest BCUT2D eigenvalue weighted by molar-refractivity contribution is -0.130. The van der Waals surface area contributed by atoms with Crippen molar-refractivity contribution in [1.82, 2.24) is 4.90 Å². The van der Waals surface area contributed by atoms with Crippen LogP contribution in [0.15, 0.2) is 83.9 Å². The monoisotopic (exact) mass is 477 g/mol. The number of carbonyl (C=O) groups excluding carboxylic acids is 2. The number of amides is 2. The van der Waals surface area contributed by atoms with Crippen LogP contribution in [0.1, 0.15) is 47.4 Å². The van der Waals surface area contributed by atoms with Crippen LogP contribution >= 0.6 is 0 Å². The van der Waals surface area contributed by atoms with Crippen molar-refractivity contribution in [2.45, 2.75) is 30.7 Å². The van der Waals surface area contributed by atoms with E-state index in [1.807, 2.05) is 60.4 Å². The van der Waals surface area contributed by atoms with Crippen molar-refractivity contribution in [1.29, 1.82) is 5.26 Å². The number of likely N-dealkylation sites (N-methyl/N-ethyl adjacent to an activating group) is 1. The molecule has 2 amide bonds. The van der Waals surface area contributed by atoms with Gasteiger partial charge in [-0.05, 0) is 47.9 Å². The fraction of sp³-hybridized carbons (Fsp3) is 0.241. The van der Waals surface area contributed by atoms with Crippen molar-refractivity contribution in [3.63, 3.8) is 0 Å². The van der Waals surface area contributed by atoms with Crippen molar-refractivity contribution in [3.8, 4) is 6.07 Å². The van der Waals surface area contributed by atoms with Crippen LogP contribution in [0, 0.1) is 11.3 Å². The van der Waals surface area contributed by atoms with E-state index < -0.39 is 11.5 Å². The Morgan fingerprint density at radius 3 is 2.42 bits per heavy atom. The van der Waals surface area contributed by atoms with E-state index in [1.54, 1.807) is 25.2 Å². The summed E-state index contributed by atoms with van der Waals surface area (Å²) in [5.74, 6) is -0.460. The first-order chi connectivity index (χ1) is 17.3. The summed E-state index contributed by atoms with van der Waals surface area (Å²) in [6.07, 6.45) is 0.471. The minimum absolute atomic E-state index is 0.0839. The van der Waals surface area contributed by atoms with Gasteiger partial charge in [-0.3, -0.25) is 14.5 Å². The summed E-state index contributed by atoms with van der Waals surface area (Å²) >= 11 is 0. The number of nitriles is 1. The van der Waals surface area contributed by atoms with Crippen LogP contribution in [0.3, 0.4) is 0 Å². The number of nitrogens with two attached hydrogens (primary N) is 1. The average molecular weight is 478 g/mol. The molecule has 0 aliphatic carbocycles.